The molecule has 0 bridgehead atoms. The minimum Gasteiger partial charge on any atom is -0.466 e. The highest BCUT2D eigenvalue weighted by Gasteiger charge is 2.32. The number of methoxy groups -OCH3 is 1. The number of carbonyl (C=O) groups is 1. The molecule has 2 atom stereocenters. The Kier molecular flexibility index (Phi) is 5.86. The standard InChI is InChI=1S/C13H20O3/c1-11-12(16-11)9-7-5-3-4-6-8-10-13(14)15-2/h3,5,8,10-12H,4,6-7,9H2,1-2H3/b5-3+,10-8+/t11-,12-/m0/s1. The summed E-state index contributed by atoms with van der Waals surface area (Å²) in [7, 11) is 1.38. The van der Waals surface area contributed by atoms with Crippen LogP contribution in [0.5, 0.6) is 0 Å². The van der Waals surface area contributed by atoms with Gasteiger partial charge in [-0.05, 0) is 32.6 Å². The summed E-state index contributed by atoms with van der Waals surface area (Å²) in [5.74, 6) is -0.288. The van der Waals surface area contributed by atoms with Gasteiger partial charge in [-0.2, -0.15) is 0 Å². The predicted octanol–water partition coefficient (Wildman–Crippen LogP) is 2.62. The summed E-state index contributed by atoms with van der Waals surface area (Å²) < 4.78 is 9.79. The lowest BCUT2D eigenvalue weighted by Crippen LogP contribution is -1.93. The van der Waals surface area contributed by atoms with E-state index in [-0.39, 0.29) is 5.97 Å². The van der Waals surface area contributed by atoms with Crippen LogP contribution in [0.15, 0.2) is 24.3 Å². The minimum absolute atomic E-state index is 0.288. The molecule has 1 aliphatic rings. The van der Waals surface area contributed by atoms with Crippen molar-refractivity contribution in [3.8, 4) is 0 Å². The van der Waals surface area contributed by atoms with Crippen molar-refractivity contribution >= 4 is 5.97 Å². The highest BCUT2D eigenvalue weighted by molar-refractivity contribution is 5.81. The summed E-state index contributed by atoms with van der Waals surface area (Å²) in [5.41, 5.74) is 0. The van der Waals surface area contributed by atoms with Gasteiger partial charge in [0, 0.05) is 6.08 Å². The first-order chi connectivity index (χ1) is 7.74. The summed E-state index contributed by atoms with van der Waals surface area (Å²) in [6, 6.07) is 0. The highest BCUT2D eigenvalue weighted by atomic mass is 16.6. The van der Waals surface area contributed by atoms with Crippen LogP contribution in [0.3, 0.4) is 0 Å². The zero-order valence-corrected chi connectivity index (χ0v) is 10.0. The van der Waals surface area contributed by atoms with E-state index in [9.17, 15) is 4.79 Å². The molecule has 3 nitrogen and oxygen atoms in total. The molecule has 0 N–H and O–H groups in total. The van der Waals surface area contributed by atoms with E-state index in [1.54, 1.807) is 0 Å². The second-order valence-electron chi connectivity index (χ2n) is 3.93. The fourth-order valence-corrected chi connectivity index (χ4v) is 1.47. The van der Waals surface area contributed by atoms with Crippen molar-refractivity contribution in [1.82, 2.24) is 0 Å². The number of allylic oxidation sites excluding steroid dienone is 3. The van der Waals surface area contributed by atoms with Crippen molar-refractivity contribution in [1.29, 1.82) is 0 Å². The lowest BCUT2D eigenvalue weighted by Gasteiger charge is -1.90. The number of ether oxygens (including phenoxy) is 2. The fourth-order valence-electron chi connectivity index (χ4n) is 1.47. The average molecular weight is 224 g/mol. The molecule has 1 fully saturated rings. The largest absolute Gasteiger partial charge is 0.466 e. The van der Waals surface area contributed by atoms with Gasteiger partial charge in [-0.1, -0.05) is 18.2 Å². The van der Waals surface area contributed by atoms with E-state index >= 15 is 0 Å². The van der Waals surface area contributed by atoms with E-state index in [1.165, 1.54) is 13.2 Å². The summed E-state index contributed by atoms with van der Waals surface area (Å²) in [6.07, 6.45) is 12.6. The number of epoxide rings is 1. The van der Waals surface area contributed by atoms with Crippen molar-refractivity contribution in [2.24, 2.45) is 0 Å². The first-order valence-corrected chi connectivity index (χ1v) is 5.79. The van der Waals surface area contributed by atoms with Crippen LogP contribution in [-0.2, 0) is 14.3 Å². The smallest absolute Gasteiger partial charge is 0.330 e. The van der Waals surface area contributed by atoms with Gasteiger partial charge in [-0.15, -0.1) is 0 Å². The first-order valence-electron chi connectivity index (χ1n) is 5.79. The molecule has 0 aromatic rings. The molecule has 90 valence electrons. The average Bonchev–Trinajstić information content (AvgIpc) is 2.98. The maximum atomic E-state index is 10.7. The van der Waals surface area contributed by atoms with Crippen LogP contribution in [0, 0.1) is 0 Å². The van der Waals surface area contributed by atoms with E-state index in [0.29, 0.717) is 12.2 Å². The molecule has 16 heavy (non-hydrogen) atoms. The summed E-state index contributed by atoms with van der Waals surface area (Å²) in [4.78, 5) is 10.7. The Morgan fingerprint density at radius 1 is 1.25 bits per heavy atom. The van der Waals surface area contributed by atoms with Crippen molar-refractivity contribution < 1.29 is 14.3 Å². The predicted molar refractivity (Wildman–Crippen MR) is 63.1 cm³/mol. The number of rotatable bonds is 7. The molecule has 0 spiro atoms. The van der Waals surface area contributed by atoms with E-state index in [4.69, 9.17) is 4.74 Å². The van der Waals surface area contributed by atoms with E-state index in [1.807, 2.05) is 6.08 Å². The van der Waals surface area contributed by atoms with E-state index in [2.05, 4.69) is 23.8 Å². The Hall–Kier alpha value is -1.09. The molecule has 1 rings (SSSR count). The first kappa shape index (κ1) is 13.0. The van der Waals surface area contributed by atoms with Gasteiger partial charge in [-0.3, -0.25) is 0 Å². The van der Waals surface area contributed by atoms with Gasteiger partial charge in [0.15, 0.2) is 0 Å². The Morgan fingerprint density at radius 3 is 2.50 bits per heavy atom. The summed E-state index contributed by atoms with van der Waals surface area (Å²) in [5, 5.41) is 0. The third kappa shape index (κ3) is 5.71. The molecule has 0 amide bonds. The fraction of sp³-hybridized carbons (Fsp3) is 0.615. The van der Waals surface area contributed by atoms with Crippen molar-refractivity contribution in [2.45, 2.75) is 44.8 Å². The maximum absolute atomic E-state index is 10.7. The Balaban J connectivity index is 1.92. The Bertz CT molecular complexity index is 268. The molecule has 3 heteroatoms. The lowest BCUT2D eigenvalue weighted by atomic mass is 10.2. The SMILES string of the molecule is COC(=O)/C=C/CC/C=C/CC[C@@H]1O[C@H]1C. The number of hydrogen-bond acceptors (Lipinski definition) is 3. The van der Waals surface area contributed by atoms with Crippen LogP contribution in [0.25, 0.3) is 0 Å². The van der Waals surface area contributed by atoms with Gasteiger partial charge < -0.3 is 9.47 Å². The van der Waals surface area contributed by atoms with Crippen molar-refractivity contribution in [2.75, 3.05) is 7.11 Å². The van der Waals surface area contributed by atoms with Crippen LogP contribution >= 0.6 is 0 Å². The number of hydrogen-bond donors (Lipinski definition) is 0. The summed E-state index contributed by atoms with van der Waals surface area (Å²) >= 11 is 0. The molecule has 0 unspecified atom stereocenters. The van der Waals surface area contributed by atoms with Gasteiger partial charge in [-0.25, -0.2) is 4.79 Å². The molecular formula is C13H20O3. The zero-order chi connectivity index (χ0) is 11.8. The van der Waals surface area contributed by atoms with E-state index < -0.39 is 0 Å². The summed E-state index contributed by atoms with van der Waals surface area (Å²) in [6.45, 7) is 2.10. The third-order valence-electron chi connectivity index (χ3n) is 2.58. The zero-order valence-electron chi connectivity index (χ0n) is 10.0. The van der Waals surface area contributed by atoms with Crippen molar-refractivity contribution in [3.63, 3.8) is 0 Å². The van der Waals surface area contributed by atoms with Gasteiger partial charge in [0.1, 0.15) is 0 Å². The second kappa shape index (κ2) is 7.23. The quantitative estimate of drug-likeness (QED) is 0.219. The van der Waals surface area contributed by atoms with E-state index in [0.717, 1.165) is 25.7 Å². The maximum Gasteiger partial charge on any atom is 0.330 e. The van der Waals surface area contributed by atoms with Gasteiger partial charge >= 0.3 is 5.97 Å². The van der Waals surface area contributed by atoms with Gasteiger partial charge in [0.2, 0.25) is 0 Å². The minimum atomic E-state index is -0.288. The van der Waals surface area contributed by atoms with Gasteiger partial charge in [0.05, 0.1) is 19.3 Å². The molecule has 1 aliphatic heterocycles. The van der Waals surface area contributed by atoms with Crippen LogP contribution in [-0.4, -0.2) is 25.3 Å². The monoisotopic (exact) mass is 224 g/mol. The Labute approximate surface area is 97.1 Å². The number of unbranched alkanes of at least 4 members (excludes halogenated alkanes) is 1. The molecular weight excluding hydrogens is 204 g/mol. The molecule has 0 saturated carbocycles. The normalized spacial score (nSPS) is 24.1. The molecule has 0 aromatic heterocycles. The lowest BCUT2D eigenvalue weighted by molar-refractivity contribution is -0.134. The van der Waals surface area contributed by atoms with Gasteiger partial charge in [0.25, 0.3) is 0 Å². The Morgan fingerprint density at radius 2 is 1.88 bits per heavy atom. The van der Waals surface area contributed by atoms with Crippen LogP contribution in [0.2, 0.25) is 0 Å². The van der Waals surface area contributed by atoms with Crippen LogP contribution in [0.1, 0.15) is 32.6 Å². The molecule has 1 saturated heterocycles. The third-order valence-corrected chi connectivity index (χ3v) is 2.58. The topological polar surface area (TPSA) is 38.8 Å². The van der Waals surface area contributed by atoms with Crippen LogP contribution in [0.4, 0.5) is 0 Å². The molecule has 1 heterocycles. The number of carbonyl (C=O) groups excluding carboxylic acids is 1. The number of esters is 1. The molecule has 0 aliphatic carbocycles. The molecule has 0 aromatic carbocycles. The van der Waals surface area contributed by atoms with Crippen molar-refractivity contribution in [3.05, 3.63) is 24.3 Å². The highest BCUT2D eigenvalue weighted by Crippen LogP contribution is 2.25. The van der Waals surface area contributed by atoms with Crippen LogP contribution < -0.4 is 0 Å². The second-order valence-corrected chi connectivity index (χ2v) is 3.93. The molecule has 0 radical (unpaired) electrons.